The second-order valence-corrected chi connectivity index (χ2v) is 5.47. The number of thiazole rings is 1. The Morgan fingerprint density at radius 2 is 2.59 bits per heavy atom. The third-order valence-electron chi connectivity index (χ3n) is 2.93. The van der Waals surface area contributed by atoms with E-state index in [2.05, 4.69) is 20.5 Å². The van der Waals surface area contributed by atoms with Gasteiger partial charge in [-0.25, -0.2) is 4.98 Å². The number of hydrogen-bond acceptors (Lipinski definition) is 5. The van der Waals surface area contributed by atoms with Gasteiger partial charge in [0.2, 0.25) is 5.91 Å². The van der Waals surface area contributed by atoms with E-state index in [1.807, 2.05) is 13.1 Å². The molecule has 17 heavy (non-hydrogen) atoms. The van der Waals surface area contributed by atoms with Crippen molar-refractivity contribution in [3.63, 3.8) is 0 Å². The molecular weight excluding hydrogens is 236 g/mol. The molecule has 1 unspecified atom stereocenters. The summed E-state index contributed by atoms with van der Waals surface area (Å²) in [6.07, 6.45) is 1.91. The third kappa shape index (κ3) is 3.02. The van der Waals surface area contributed by atoms with Crippen molar-refractivity contribution < 1.29 is 4.79 Å². The second-order valence-electron chi connectivity index (χ2n) is 4.15. The van der Waals surface area contributed by atoms with Gasteiger partial charge in [0.15, 0.2) is 0 Å². The molecule has 1 fully saturated rings. The Hall–Kier alpha value is -0.980. The van der Waals surface area contributed by atoms with E-state index in [4.69, 9.17) is 0 Å². The normalized spacial score (nSPS) is 21.4. The molecule has 1 aliphatic heterocycles. The third-order valence-corrected chi connectivity index (χ3v) is 3.83. The lowest BCUT2D eigenvalue weighted by Gasteiger charge is -2.34. The fourth-order valence-corrected chi connectivity index (χ4v) is 2.86. The first kappa shape index (κ1) is 12.5. The maximum absolute atomic E-state index is 11.8. The fourth-order valence-electron chi connectivity index (χ4n) is 2.04. The van der Waals surface area contributed by atoms with Crippen LogP contribution in [-0.2, 0) is 11.3 Å². The number of likely N-dealkylation sites (N-methyl/N-ethyl adjacent to an activating group) is 1. The number of hydrogen-bond donors (Lipinski definition) is 2. The van der Waals surface area contributed by atoms with Crippen molar-refractivity contribution in [3.05, 3.63) is 16.1 Å². The molecule has 1 saturated heterocycles. The predicted molar refractivity (Wildman–Crippen MR) is 68.0 cm³/mol. The number of carbonyl (C=O) groups is 1. The molecule has 0 saturated carbocycles. The van der Waals surface area contributed by atoms with Crippen LogP contribution in [0.5, 0.6) is 0 Å². The molecule has 1 amide bonds. The van der Waals surface area contributed by atoms with Crippen LogP contribution < -0.4 is 10.6 Å². The number of aryl methyl sites for hydroxylation is 1. The van der Waals surface area contributed by atoms with E-state index in [0.29, 0.717) is 0 Å². The lowest BCUT2D eigenvalue weighted by Crippen LogP contribution is -2.56. The summed E-state index contributed by atoms with van der Waals surface area (Å²) < 4.78 is 0. The SMILES string of the molecule is CNC(=O)C1CNCCN1Cc1cnc(C)s1. The highest BCUT2D eigenvalue weighted by Gasteiger charge is 2.27. The molecule has 2 N–H and O–H groups in total. The number of nitrogens with one attached hydrogen (secondary N) is 2. The number of carbonyl (C=O) groups excluding carboxylic acids is 1. The van der Waals surface area contributed by atoms with E-state index in [9.17, 15) is 4.79 Å². The van der Waals surface area contributed by atoms with Gasteiger partial charge in [0.05, 0.1) is 5.01 Å². The number of amides is 1. The van der Waals surface area contributed by atoms with E-state index in [1.165, 1.54) is 4.88 Å². The van der Waals surface area contributed by atoms with Crippen LogP contribution in [0.25, 0.3) is 0 Å². The molecule has 1 aromatic rings. The van der Waals surface area contributed by atoms with Gasteiger partial charge in [0.25, 0.3) is 0 Å². The van der Waals surface area contributed by atoms with Crippen molar-refractivity contribution in [2.24, 2.45) is 0 Å². The maximum atomic E-state index is 11.8. The Bertz CT molecular complexity index is 393. The first-order chi connectivity index (χ1) is 8.20. The number of aromatic nitrogens is 1. The van der Waals surface area contributed by atoms with Crippen LogP contribution in [0.2, 0.25) is 0 Å². The summed E-state index contributed by atoms with van der Waals surface area (Å²) in [5.41, 5.74) is 0. The summed E-state index contributed by atoms with van der Waals surface area (Å²) in [7, 11) is 1.69. The minimum atomic E-state index is -0.0730. The van der Waals surface area contributed by atoms with Gasteiger partial charge in [-0.1, -0.05) is 0 Å². The van der Waals surface area contributed by atoms with Gasteiger partial charge in [-0.2, -0.15) is 0 Å². The highest BCUT2D eigenvalue weighted by molar-refractivity contribution is 7.11. The number of rotatable bonds is 3. The molecule has 0 bridgehead atoms. The number of nitrogens with zero attached hydrogens (tertiary/aromatic N) is 2. The Balaban J connectivity index is 2.03. The van der Waals surface area contributed by atoms with Crippen LogP contribution >= 0.6 is 11.3 Å². The molecule has 94 valence electrons. The van der Waals surface area contributed by atoms with Crippen molar-refractivity contribution in [2.45, 2.75) is 19.5 Å². The minimum absolute atomic E-state index is 0.0730. The predicted octanol–water partition coefficient (Wildman–Crippen LogP) is -0.0287. The zero-order chi connectivity index (χ0) is 12.3. The van der Waals surface area contributed by atoms with Gasteiger partial charge < -0.3 is 10.6 Å². The van der Waals surface area contributed by atoms with Gasteiger partial charge in [0, 0.05) is 44.3 Å². The van der Waals surface area contributed by atoms with Crippen LogP contribution in [-0.4, -0.2) is 48.5 Å². The summed E-state index contributed by atoms with van der Waals surface area (Å²) in [6.45, 7) is 5.37. The Labute approximate surface area is 105 Å². The molecule has 1 aliphatic rings. The van der Waals surface area contributed by atoms with Crippen molar-refractivity contribution >= 4 is 17.2 Å². The van der Waals surface area contributed by atoms with E-state index in [0.717, 1.165) is 31.2 Å². The monoisotopic (exact) mass is 254 g/mol. The van der Waals surface area contributed by atoms with Gasteiger partial charge in [-0.15, -0.1) is 11.3 Å². The smallest absolute Gasteiger partial charge is 0.238 e. The summed E-state index contributed by atoms with van der Waals surface area (Å²) in [5.74, 6) is 0.0819. The summed E-state index contributed by atoms with van der Waals surface area (Å²) in [4.78, 5) is 19.4. The van der Waals surface area contributed by atoms with Crippen molar-refractivity contribution in [1.82, 2.24) is 20.5 Å². The molecular formula is C11H18N4OS. The first-order valence-electron chi connectivity index (χ1n) is 5.78. The lowest BCUT2D eigenvalue weighted by atomic mass is 10.1. The first-order valence-corrected chi connectivity index (χ1v) is 6.60. The quantitative estimate of drug-likeness (QED) is 0.795. The zero-order valence-electron chi connectivity index (χ0n) is 10.2. The van der Waals surface area contributed by atoms with E-state index >= 15 is 0 Å². The molecule has 2 heterocycles. The van der Waals surface area contributed by atoms with Crippen LogP contribution in [0.4, 0.5) is 0 Å². The molecule has 1 aromatic heterocycles. The molecule has 1 atom stereocenters. The van der Waals surface area contributed by atoms with Crippen molar-refractivity contribution in [2.75, 3.05) is 26.7 Å². The van der Waals surface area contributed by atoms with Crippen molar-refractivity contribution in [3.8, 4) is 0 Å². The molecule has 0 spiro atoms. The zero-order valence-corrected chi connectivity index (χ0v) is 11.0. The summed E-state index contributed by atoms with van der Waals surface area (Å²) in [6, 6.07) is -0.0730. The summed E-state index contributed by atoms with van der Waals surface area (Å²) in [5, 5.41) is 7.05. The maximum Gasteiger partial charge on any atom is 0.238 e. The van der Waals surface area contributed by atoms with Crippen molar-refractivity contribution in [1.29, 1.82) is 0 Å². The van der Waals surface area contributed by atoms with Gasteiger partial charge in [0.1, 0.15) is 6.04 Å². The van der Waals surface area contributed by atoms with Gasteiger partial charge in [-0.05, 0) is 6.92 Å². The molecule has 6 heteroatoms. The van der Waals surface area contributed by atoms with Gasteiger partial charge >= 0.3 is 0 Å². The second kappa shape index (κ2) is 5.57. The summed E-state index contributed by atoms with van der Waals surface area (Å²) >= 11 is 1.70. The van der Waals surface area contributed by atoms with E-state index < -0.39 is 0 Å². The average Bonchev–Trinajstić information content (AvgIpc) is 2.74. The Morgan fingerprint density at radius 3 is 3.24 bits per heavy atom. The van der Waals surface area contributed by atoms with E-state index in [-0.39, 0.29) is 11.9 Å². The standard InChI is InChI=1S/C11H18N4OS/c1-8-14-5-9(17-8)7-15-4-3-13-6-10(15)11(16)12-2/h5,10,13H,3-4,6-7H2,1-2H3,(H,12,16). The van der Waals surface area contributed by atoms with E-state index in [1.54, 1.807) is 18.4 Å². The lowest BCUT2D eigenvalue weighted by molar-refractivity contribution is -0.126. The highest BCUT2D eigenvalue weighted by Crippen LogP contribution is 2.16. The molecule has 0 aromatic carbocycles. The highest BCUT2D eigenvalue weighted by atomic mass is 32.1. The number of piperazine rings is 1. The molecule has 0 radical (unpaired) electrons. The average molecular weight is 254 g/mol. The Kier molecular flexibility index (Phi) is 4.09. The molecule has 5 nitrogen and oxygen atoms in total. The van der Waals surface area contributed by atoms with Gasteiger partial charge in [-0.3, -0.25) is 9.69 Å². The van der Waals surface area contributed by atoms with Crippen LogP contribution in [0.15, 0.2) is 6.20 Å². The van der Waals surface area contributed by atoms with Crippen LogP contribution in [0.3, 0.4) is 0 Å². The minimum Gasteiger partial charge on any atom is -0.358 e. The van der Waals surface area contributed by atoms with Crippen LogP contribution in [0, 0.1) is 6.92 Å². The fraction of sp³-hybridized carbons (Fsp3) is 0.636. The largest absolute Gasteiger partial charge is 0.358 e. The molecule has 0 aliphatic carbocycles. The topological polar surface area (TPSA) is 57.3 Å². The van der Waals surface area contributed by atoms with Crippen LogP contribution in [0.1, 0.15) is 9.88 Å². The molecule has 2 rings (SSSR count). The Morgan fingerprint density at radius 1 is 1.76 bits per heavy atom.